The number of benzene rings is 1. The van der Waals surface area contributed by atoms with Crippen molar-refractivity contribution in [3.63, 3.8) is 0 Å². The van der Waals surface area contributed by atoms with Gasteiger partial charge in [-0.2, -0.15) is 10.1 Å². The molecule has 119 heavy (non-hydrogen) atoms. The zero-order valence-corrected chi connectivity index (χ0v) is 69.5. The van der Waals surface area contributed by atoms with Gasteiger partial charge in [0.15, 0.2) is 17.0 Å². The van der Waals surface area contributed by atoms with E-state index in [0.717, 1.165) is 28.9 Å². The van der Waals surface area contributed by atoms with Gasteiger partial charge in [0.05, 0.1) is 122 Å². The van der Waals surface area contributed by atoms with E-state index in [2.05, 4.69) is 35.9 Å². The number of nitrogens with two attached hydrogens (primary N) is 3. The number of rotatable bonds is 34. The largest absolute Gasteiger partial charge is 0.459 e. The highest BCUT2D eigenvalue weighted by molar-refractivity contribution is 6.39. The van der Waals surface area contributed by atoms with Crippen LogP contribution in [0.25, 0.3) is 33.4 Å². The van der Waals surface area contributed by atoms with Crippen LogP contribution in [0.15, 0.2) is 82.7 Å². The van der Waals surface area contributed by atoms with Crippen LogP contribution in [0.5, 0.6) is 0 Å². The van der Waals surface area contributed by atoms with Crippen molar-refractivity contribution in [1.29, 1.82) is 0 Å². The zero-order chi connectivity index (χ0) is 85.5. The molecule has 36 heteroatoms. The summed E-state index contributed by atoms with van der Waals surface area (Å²) in [7, 11) is 1.54. The molecule has 1 aliphatic carbocycles. The van der Waals surface area contributed by atoms with Crippen molar-refractivity contribution in [2.24, 2.45) is 35.3 Å². The molecule has 3 aliphatic heterocycles. The van der Waals surface area contributed by atoms with E-state index in [4.69, 9.17) is 74.1 Å². The maximum absolute atomic E-state index is 14.6. The molecule has 9 rings (SSSR count). The van der Waals surface area contributed by atoms with Crippen LogP contribution in [-0.4, -0.2) is 266 Å². The van der Waals surface area contributed by atoms with Crippen molar-refractivity contribution < 1.29 is 106 Å². The molecule has 1 aromatic carbocycles. The van der Waals surface area contributed by atoms with Crippen LogP contribution in [0.2, 0.25) is 0 Å². The van der Waals surface area contributed by atoms with Gasteiger partial charge in [-0.25, -0.2) is 28.9 Å². The number of aromatic nitrogens is 8. The second-order valence-corrected chi connectivity index (χ2v) is 31.3. The van der Waals surface area contributed by atoms with Gasteiger partial charge in [-0.3, -0.25) is 24.0 Å². The molecule has 2 saturated heterocycles. The topological polar surface area (TPSA) is 498 Å². The van der Waals surface area contributed by atoms with Gasteiger partial charge in [0.25, 0.3) is 17.7 Å². The molecule has 1 saturated carbocycles. The van der Waals surface area contributed by atoms with E-state index in [1.165, 1.54) is 19.3 Å². The minimum atomic E-state index is -2.52. The Morgan fingerprint density at radius 2 is 1.48 bits per heavy atom. The Balaban J connectivity index is 0.622. The molecule has 15 atom stereocenters. The average Bonchev–Trinajstić information content (AvgIpc) is 1.74. The minimum absolute atomic E-state index is 0.0200. The van der Waals surface area contributed by atoms with Crippen molar-refractivity contribution >= 4 is 75.2 Å². The number of carbonyl (C=O) groups excluding carboxylic acids is 7. The second-order valence-electron chi connectivity index (χ2n) is 31.3. The number of hydrogen-bond donors (Lipinski definition) is 9. The normalized spacial score (nSPS) is 26.7. The number of aryl methyl sites for hydroxylation is 1. The highest BCUT2D eigenvalue weighted by Crippen LogP contribution is 2.38. The third kappa shape index (κ3) is 28.1. The summed E-state index contributed by atoms with van der Waals surface area (Å²) >= 11 is 0. The average molecular weight is 1670 g/mol. The number of Topliss-reactive ketones (excluding diaryl/α,β-unsaturated/α-hetero) is 3. The summed E-state index contributed by atoms with van der Waals surface area (Å²) < 4.78 is 66.2. The first-order chi connectivity index (χ1) is 57.2. The number of fused-ring (bicyclic) bond motifs is 5. The first-order valence-corrected chi connectivity index (χ1v) is 41.5. The van der Waals surface area contributed by atoms with E-state index in [-0.39, 0.29) is 87.6 Å². The molecular formula is C83H122N14O22. The number of methoxy groups -OCH3 is 1. The first-order valence-electron chi connectivity index (χ1n) is 41.5. The maximum atomic E-state index is 14.6. The molecular weight excluding hydrogens is 1540 g/mol. The number of alkyl carbamates (subject to hydrolysis) is 1. The van der Waals surface area contributed by atoms with Gasteiger partial charge in [-0.15, -0.1) is 5.10 Å². The number of anilines is 2. The van der Waals surface area contributed by atoms with E-state index in [1.807, 2.05) is 56.4 Å². The molecule has 3 fully saturated rings. The lowest BCUT2D eigenvalue weighted by Crippen LogP contribution is -2.61. The van der Waals surface area contributed by atoms with Crippen molar-refractivity contribution in [1.82, 2.24) is 55.3 Å². The molecule has 4 aliphatic rings. The molecule has 0 unspecified atom stereocenters. The molecule has 0 radical (unpaired) electrons. The second kappa shape index (κ2) is 47.4. The fourth-order valence-electron chi connectivity index (χ4n) is 15.1. The van der Waals surface area contributed by atoms with Crippen LogP contribution >= 0.6 is 0 Å². The molecule has 3 amide bonds. The monoisotopic (exact) mass is 1670 g/mol. The van der Waals surface area contributed by atoms with Crippen molar-refractivity contribution in [2.75, 3.05) is 111 Å². The lowest BCUT2D eigenvalue weighted by atomic mass is 9.80. The van der Waals surface area contributed by atoms with Gasteiger partial charge in [0.1, 0.15) is 65.3 Å². The molecule has 4 aromatic heterocycles. The maximum Gasteiger partial charge on any atom is 0.407 e. The number of nitrogens with one attached hydrogen (secondary N) is 2. The molecule has 2 bridgehead atoms. The SMILES string of the molecule is CO[C@H]1C[C@@H]2CC[C@@H](C)[C@@](O)(O2)C(=O)C(=O)N2CCCC[C@H]2C(=O)O[C@H]([C@H](N)C[C@@H]2CC[C@@H](OC(=O)NCc3cn(CCOCCOCCOCCOCCOCCOCCC(=O)NCCCCn4nc(-c5ccc6oc(N)nc6c5)c5c(N)ncnc54)nn3)[C@H](O)C2)CC(=O)[C@H](C)/C=C(\C)[C@@H](O)[C@@H](O)C(=O)[C@H](C)C[C@H](C)/C=C/C=CC=C1C. The Bertz CT molecular complexity index is 4240. The summed E-state index contributed by atoms with van der Waals surface area (Å²) in [6, 6.07) is 3.20. The number of aliphatic hydroxyl groups excluding tert-OH is 3. The highest BCUT2D eigenvalue weighted by Gasteiger charge is 2.53. The summed E-state index contributed by atoms with van der Waals surface area (Å²) in [6.07, 6.45) is 9.60. The lowest BCUT2D eigenvalue weighted by Gasteiger charge is -2.42. The first kappa shape index (κ1) is 94.0. The summed E-state index contributed by atoms with van der Waals surface area (Å²) in [5, 5.41) is 65.2. The van der Waals surface area contributed by atoms with Gasteiger partial charge in [0.2, 0.25) is 11.7 Å². The highest BCUT2D eigenvalue weighted by atomic mass is 16.6. The van der Waals surface area contributed by atoms with E-state index in [0.29, 0.717) is 170 Å². The number of cyclic esters (lactones) is 1. The van der Waals surface area contributed by atoms with Crippen LogP contribution in [0.4, 0.5) is 16.6 Å². The van der Waals surface area contributed by atoms with E-state index in [1.54, 1.807) is 49.5 Å². The summed E-state index contributed by atoms with van der Waals surface area (Å²) in [5.41, 5.74) is 23.5. The fraction of sp³-hybridized carbons (Fsp3) is 0.651. The number of aliphatic hydroxyl groups is 4. The number of carbonyl (C=O) groups is 7. The predicted molar refractivity (Wildman–Crippen MR) is 434 cm³/mol. The Hall–Kier alpha value is -8.89. The Labute approximate surface area is 692 Å². The number of ether oxygens (including phenoxy) is 10. The quantitative estimate of drug-likeness (QED) is 0.0109. The predicted octanol–water partition coefficient (Wildman–Crippen LogP) is 5.29. The summed E-state index contributed by atoms with van der Waals surface area (Å²) in [5.74, 6) is -9.43. The van der Waals surface area contributed by atoms with Crippen LogP contribution in [0.1, 0.15) is 144 Å². The molecule has 12 N–H and O–H groups in total. The molecule has 7 heterocycles. The van der Waals surface area contributed by atoms with Crippen molar-refractivity contribution in [2.45, 2.75) is 218 Å². The van der Waals surface area contributed by atoms with E-state index < -0.39 is 120 Å². The van der Waals surface area contributed by atoms with Gasteiger partial charge in [-0.1, -0.05) is 69.4 Å². The van der Waals surface area contributed by atoms with E-state index in [9.17, 15) is 54.0 Å². The molecule has 36 nitrogen and oxygen atoms in total. The van der Waals surface area contributed by atoms with Crippen LogP contribution < -0.4 is 27.8 Å². The number of esters is 1. The summed E-state index contributed by atoms with van der Waals surface area (Å²) in [6.45, 7) is 15.8. The fourth-order valence-corrected chi connectivity index (χ4v) is 15.1. The zero-order valence-electron chi connectivity index (χ0n) is 69.5. The van der Waals surface area contributed by atoms with Crippen molar-refractivity contribution in [3.8, 4) is 11.3 Å². The number of nitrogen functional groups attached to an aromatic ring is 2. The molecule has 5 aromatic rings. The lowest BCUT2D eigenvalue weighted by molar-refractivity contribution is -0.265. The van der Waals surface area contributed by atoms with Gasteiger partial charge in [0, 0.05) is 75.4 Å². The smallest absolute Gasteiger partial charge is 0.407 e. The third-order valence-electron chi connectivity index (χ3n) is 22.1. The number of allylic oxidation sites excluding steroid dienone is 6. The van der Waals surface area contributed by atoms with Crippen molar-refractivity contribution in [3.05, 3.63) is 84.0 Å². The number of piperidine rings is 1. The van der Waals surface area contributed by atoms with E-state index >= 15 is 0 Å². The Kier molecular flexibility index (Phi) is 37.4. The molecule has 656 valence electrons. The van der Waals surface area contributed by atoms with Crippen LogP contribution in [0.3, 0.4) is 0 Å². The summed E-state index contributed by atoms with van der Waals surface area (Å²) in [4.78, 5) is 111. The molecule has 0 spiro atoms. The minimum Gasteiger partial charge on any atom is -0.459 e. The third-order valence-corrected chi connectivity index (χ3v) is 22.1. The van der Waals surface area contributed by atoms with Gasteiger partial charge < -0.3 is 105 Å². The van der Waals surface area contributed by atoms with Crippen LogP contribution in [0, 0.1) is 29.6 Å². The van der Waals surface area contributed by atoms with Gasteiger partial charge in [-0.05, 0) is 132 Å². The number of amides is 3. The Morgan fingerprint density at radius 3 is 2.18 bits per heavy atom. The Morgan fingerprint density at radius 1 is 0.773 bits per heavy atom. The van der Waals surface area contributed by atoms with Crippen LogP contribution in [-0.2, 0) is 95.8 Å². The number of nitrogens with zero attached hydrogens (tertiary/aromatic N) is 9. The number of unbranched alkanes of at least 4 members (excludes halogenated alkanes) is 1. The number of hydrogen-bond acceptors (Lipinski definition) is 31. The number of ketones is 3. The van der Waals surface area contributed by atoms with Gasteiger partial charge >= 0.3 is 12.1 Å². The standard InChI is InChI=1S/C83H122N14O22/c1-51-15-9-8-10-16-52(2)68(109-7)46-60-21-18-56(6)83(108,119-60)76(104)79(105)96-26-13-11-17-63(96)80(106)116-69(47-64(98)53(3)42-55(5)74(102)75(103)73(101)54(4)41-51)61(84)43-57-19-22-67(65(99)44-57)118-82(107)88-48-59-49-95(94-92-59)28-30-111-32-34-113-36-38-115-40-39-114-37-35-112-33-31-110-29-24-70(100)87-25-12-14-27-97-78-71(77(85)89-50-90-78)72(93-97)58-20-23-66-62(45-58)91-81(86)117-66/h8-10,15-16,20,23,42,45,49-51,53-54,56-57,60-61,63,65,67-69,74-75,99,102-103,108H,11-14,17-19,21-22,24-41,43-44,46-48,84H2,1-7H3,(H2,86,91)(H,87,100)(H,88,107)(H2,85,89,90)/b10-8?,15-9+,52-16?,55-42+/t51-,53-,54-,56-,57+,60+,61-,63+,65-,67-,68+,69+,74-,75+,83-/m1/s1. The number of oxazole rings is 1.